The number of hydrogen-bond acceptors (Lipinski definition) is 3. The molecular formula is C12H9Cl2N3. The highest BCUT2D eigenvalue weighted by atomic mass is 35.5. The lowest BCUT2D eigenvalue weighted by molar-refractivity contribution is 1.15. The van der Waals surface area contributed by atoms with E-state index in [0.29, 0.717) is 21.5 Å². The van der Waals surface area contributed by atoms with Crippen LogP contribution in [0.5, 0.6) is 0 Å². The van der Waals surface area contributed by atoms with Crippen molar-refractivity contribution in [1.82, 2.24) is 9.97 Å². The minimum Gasteiger partial charge on any atom is -0.303 e. The van der Waals surface area contributed by atoms with Gasteiger partial charge < -0.3 is 5.41 Å². The van der Waals surface area contributed by atoms with Gasteiger partial charge in [0.05, 0.1) is 27.1 Å². The highest BCUT2D eigenvalue weighted by molar-refractivity contribution is 6.42. The van der Waals surface area contributed by atoms with Crippen molar-refractivity contribution in [2.24, 2.45) is 0 Å². The Bertz CT molecular complexity index is 582. The molecule has 3 nitrogen and oxygen atoms in total. The molecule has 2 rings (SSSR count). The van der Waals surface area contributed by atoms with E-state index in [1.807, 2.05) is 6.07 Å². The van der Waals surface area contributed by atoms with Crippen LogP contribution in [0, 0.1) is 5.41 Å². The lowest BCUT2D eigenvalue weighted by atomic mass is 10.1. The molecule has 0 unspecified atom stereocenters. The lowest BCUT2D eigenvalue weighted by Crippen LogP contribution is -1.98. The summed E-state index contributed by atoms with van der Waals surface area (Å²) in [5.74, 6) is 0. The van der Waals surface area contributed by atoms with Crippen molar-refractivity contribution in [2.45, 2.75) is 6.92 Å². The predicted molar refractivity (Wildman–Crippen MR) is 70.0 cm³/mol. The summed E-state index contributed by atoms with van der Waals surface area (Å²) in [5.41, 5.74) is 2.57. The number of nitrogens with one attached hydrogen (secondary N) is 1. The Morgan fingerprint density at radius 3 is 2.53 bits per heavy atom. The molecule has 1 aromatic heterocycles. The normalized spacial score (nSPS) is 10.3. The molecule has 0 amide bonds. The first-order valence-corrected chi connectivity index (χ1v) is 5.66. The van der Waals surface area contributed by atoms with Crippen molar-refractivity contribution in [3.05, 3.63) is 46.3 Å². The van der Waals surface area contributed by atoms with Crippen LogP contribution >= 0.6 is 23.2 Å². The molecule has 17 heavy (non-hydrogen) atoms. The first-order valence-electron chi connectivity index (χ1n) is 4.91. The third-order valence-electron chi connectivity index (χ3n) is 2.27. The average Bonchev–Trinajstić information content (AvgIpc) is 2.33. The van der Waals surface area contributed by atoms with Gasteiger partial charge in [0.25, 0.3) is 0 Å². The number of rotatable bonds is 2. The summed E-state index contributed by atoms with van der Waals surface area (Å²) < 4.78 is 0. The van der Waals surface area contributed by atoms with Gasteiger partial charge in [-0.2, -0.15) is 0 Å². The zero-order chi connectivity index (χ0) is 12.4. The van der Waals surface area contributed by atoms with Gasteiger partial charge in [0.15, 0.2) is 0 Å². The topological polar surface area (TPSA) is 49.6 Å². The Kier molecular flexibility index (Phi) is 3.41. The molecule has 1 heterocycles. The van der Waals surface area contributed by atoms with Crippen LogP contribution < -0.4 is 0 Å². The summed E-state index contributed by atoms with van der Waals surface area (Å²) in [6.07, 6.45) is 1.44. The largest absolute Gasteiger partial charge is 0.303 e. The minimum absolute atomic E-state index is 0.397. The average molecular weight is 266 g/mol. The molecule has 1 aromatic carbocycles. The lowest BCUT2D eigenvalue weighted by Gasteiger charge is -2.04. The molecule has 0 spiro atoms. The molecule has 0 radical (unpaired) electrons. The van der Waals surface area contributed by atoms with Crippen LogP contribution in [0.2, 0.25) is 10.0 Å². The molecular weight excluding hydrogens is 257 g/mol. The third kappa shape index (κ3) is 2.62. The molecule has 5 heteroatoms. The second-order valence-corrected chi connectivity index (χ2v) is 4.36. The Morgan fingerprint density at radius 1 is 1.12 bits per heavy atom. The van der Waals surface area contributed by atoms with Crippen molar-refractivity contribution in [3.8, 4) is 11.3 Å². The van der Waals surface area contributed by atoms with E-state index in [1.165, 1.54) is 6.33 Å². The van der Waals surface area contributed by atoms with E-state index < -0.39 is 0 Å². The van der Waals surface area contributed by atoms with E-state index in [2.05, 4.69) is 9.97 Å². The molecule has 0 fully saturated rings. The fraction of sp³-hybridized carbons (Fsp3) is 0.0833. The Labute approximate surface area is 109 Å². The van der Waals surface area contributed by atoms with Crippen LogP contribution in [0.15, 0.2) is 30.6 Å². The molecule has 86 valence electrons. The Balaban J connectivity index is 2.49. The summed E-state index contributed by atoms with van der Waals surface area (Å²) in [6, 6.07) is 7.05. The zero-order valence-corrected chi connectivity index (χ0v) is 10.5. The van der Waals surface area contributed by atoms with Crippen molar-refractivity contribution >= 4 is 28.9 Å². The number of aromatic nitrogens is 2. The van der Waals surface area contributed by atoms with Gasteiger partial charge in [-0.1, -0.05) is 29.3 Å². The number of benzene rings is 1. The van der Waals surface area contributed by atoms with Crippen LogP contribution in [-0.2, 0) is 0 Å². The maximum atomic E-state index is 7.53. The van der Waals surface area contributed by atoms with Crippen LogP contribution in [-0.4, -0.2) is 15.7 Å². The highest BCUT2D eigenvalue weighted by Crippen LogP contribution is 2.27. The molecule has 0 aliphatic rings. The van der Waals surface area contributed by atoms with Crippen molar-refractivity contribution in [1.29, 1.82) is 5.41 Å². The number of halogens is 2. The second kappa shape index (κ2) is 4.82. The Morgan fingerprint density at radius 2 is 1.88 bits per heavy atom. The molecule has 1 N–H and O–H groups in total. The maximum absolute atomic E-state index is 7.53. The number of hydrogen-bond donors (Lipinski definition) is 1. The molecule has 0 aliphatic carbocycles. The predicted octanol–water partition coefficient (Wildman–Crippen LogP) is 3.84. The first kappa shape index (κ1) is 12.0. The second-order valence-electron chi connectivity index (χ2n) is 3.54. The molecule has 0 aliphatic heterocycles. The molecule has 0 atom stereocenters. The van der Waals surface area contributed by atoms with E-state index in [-0.39, 0.29) is 0 Å². The van der Waals surface area contributed by atoms with Gasteiger partial charge in [-0.15, -0.1) is 0 Å². The van der Waals surface area contributed by atoms with Gasteiger partial charge >= 0.3 is 0 Å². The van der Waals surface area contributed by atoms with Crippen molar-refractivity contribution in [3.63, 3.8) is 0 Å². The molecule has 0 bridgehead atoms. The monoisotopic (exact) mass is 265 g/mol. The minimum atomic E-state index is 0.397. The van der Waals surface area contributed by atoms with Gasteiger partial charge in [0.1, 0.15) is 6.33 Å². The van der Waals surface area contributed by atoms with Crippen LogP contribution in [0.1, 0.15) is 12.6 Å². The SMILES string of the molecule is CC(=N)c1cc(-c2ccc(Cl)c(Cl)c2)ncn1. The van der Waals surface area contributed by atoms with Crippen molar-refractivity contribution < 1.29 is 0 Å². The van der Waals surface area contributed by atoms with Gasteiger partial charge in [-0.3, -0.25) is 0 Å². The van der Waals surface area contributed by atoms with E-state index in [4.69, 9.17) is 28.6 Å². The van der Waals surface area contributed by atoms with Crippen molar-refractivity contribution in [2.75, 3.05) is 0 Å². The summed E-state index contributed by atoms with van der Waals surface area (Å²) in [6.45, 7) is 1.68. The summed E-state index contributed by atoms with van der Waals surface area (Å²) >= 11 is 11.8. The molecule has 0 saturated carbocycles. The zero-order valence-electron chi connectivity index (χ0n) is 9.04. The molecule has 0 saturated heterocycles. The summed E-state index contributed by atoms with van der Waals surface area (Å²) in [5, 5.41) is 8.52. The van der Waals surface area contributed by atoms with Gasteiger partial charge in [-0.25, -0.2) is 9.97 Å². The first-order chi connectivity index (χ1) is 8.08. The number of nitrogens with zero attached hydrogens (tertiary/aromatic N) is 2. The van der Waals surface area contributed by atoms with Crippen LogP contribution in [0.3, 0.4) is 0 Å². The van der Waals surface area contributed by atoms with Gasteiger partial charge in [0, 0.05) is 5.56 Å². The van der Waals surface area contributed by atoms with Crippen LogP contribution in [0.25, 0.3) is 11.3 Å². The van der Waals surface area contributed by atoms with E-state index >= 15 is 0 Å². The highest BCUT2D eigenvalue weighted by Gasteiger charge is 2.05. The van der Waals surface area contributed by atoms with Crippen LogP contribution in [0.4, 0.5) is 0 Å². The van der Waals surface area contributed by atoms with E-state index in [1.54, 1.807) is 25.1 Å². The summed E-state index contributed by atoms with van der Waals surface area (Å²) in [7, 11) is 0. The summed E-state index contributed by atoms with van der Waals surface area (Å²) in [4.78, 5) is 8.16. The fourth-order valence-electron chi connectivity index (χ4n) is 1.38. The molecule has 2 aromatic rings. The maximum Gasteiger partial charge on any atom is 0.116 e. The fourth-order valence-corrected chi connectivity index (χ4v) is 1.67. The smallest absolute Gasteiger partial charge is 0.116 e. The Hall–Kier alpha value is -1.45. The van der Waals surface area contributed by atoms with Gasteiger partial charge in [-0.05, 0) is 25.1 Å². The van der Waals surface area contributed by atoms with E-state index in [9.17, 15) is 0 Å². The van der Waals surface area contributed by atoms with E-state index in [0.717, 1.165) is 11.3 Å². The van der Waals surface area contributed by atoms with Gasteiger partial charge in [0.2, 0.25) is 0 Å². The third-order valence-corrected chi connectivity index (χ3v) is 3.01. The quantitative estimate of drug-likeness (QED) is 0.839. The standard InChI is InChI=1S/C12H9Cl2N3/c1-7(15)11-5-12(17-6-16-11)8-2-3-9(13)10(14)4-8/h2-6,15H,1H3.